The van der Waals surface area contributed by atoms with E-state index < -0.39 is 5.97 Å². The lowest BCUT2D eigenvalue weighted by Gasteiger charge is -2.29. The number of rotatable bonds is 9. The number of aryl methyl sites for hydroxylation is 2. The summed E-state index contributed by atoms with van der Waals surface area (Å²) in [5.74, 6) is 0.753. The summed E-state index contributed by atoms with van der Waals surface area (Å²) in [6.45, 7) is 3.74. The van der Waals surface area contributed by atoms with Crippen LogP contribution in [-0.2, 0) is 17.8 Å². The number of nitrogens with one attached hydrogen (secondary N) is 1. The zero-order valence-corrected chi connectivity index (χ0v) is 25.2. The van der Waals surface area contributed by atoms with Crippen molar-refractivity contribution in [3.05, 3.63) is 68.8 Å². The molecule has 2 heterocycles. The quantitative estimate of drug-likeness (QED) is 0.209. The number of carboxylic acids is 1. The maximum absolute atomic E-state index is 13.4. The van der Waals surface area contributed by atoms with Crippen LogP contribution < -0.4 is 14.8 Å². The van der Waals surface area contributed by atoms with Crippen molar-refractivity contribution in [2.75, 3.05) is 19.5 Å². The molecule has 1 aliphatic carbocycles. The van der Waals surface area contributed by atoms with Gasteiger partial charge in [-0.25, -0.2) is 4.98 Å². The Labute approximate surface area is 248 Å². The molecular weight excluding hydrogens is 562 g/mol. The first kappa shape index (κ1) is 29.0. The smallest absolute Gasteiger partial charge is 0.323 e. The minimum absolute atomic E-state index is 0.299. The summed E-state index contributed by atoms with van der Waals surface area (Å²) in [6.07, 6.45) is 4.73. The number of hydrogen-bond acceptors (Lipinski definition) is 6. The number of aromatic nitrogens is 2. The van der Waals surface area contributed by atoms with E-state index in [0.29, 0.717) is 39.0 Å². The summed E-state index contributed by atoms with van der Waals surface area (Å²) < 4.78 is 12.6. The number of ether oxygens (including phenoxy) is 2. The molecule has 1 aliphatic rings. The van der Waals surface area contributed by atoms with Crippen molar-refractivity contribution < 1.29 is 24.2 Å². The Hall–Kier alpha value is -3.56. The Morgan fingerprint density at radius 1 is 1.07 bits per heavy atom. The van der Waals surface area contributed by atoms with Crippen LogP contribution in [0.5, 0.6) is 11.5 Å². The largest absolute Gasteiger partial charge is 0.496 e. The fourth-order valence-corrected chi connectivity index (χ4v) is 7.35. The number of thiazole rings is 1. The molecule has 0 atom stereocenters. The maximum Gasteiger partial charge on any atom is 0.323 e. The lowest BCUT2D eigenvalue weighted by Crippen LogP contribution is -2.19. The molecule has 2 aromatic carbocycles. The SMILES string of the molecule is CCc1nc(NC(=O)c2cc3cc(C)ccc3n2CC(=O)O)sc1C1CCC(c2cc(OC)c(Cl)cc2OC)CC1. The number of methoxy groups -OCH3 is 2. The van der Waals surface area contributed by atoms with Crippen molar-refractivity contribution in [2.45, 2.75) is 64.3 Å². The number of carbonyl (C=O) groups excluding carboxylic acids is 1. The van der Waals surface area contributed by atoms with Crippen molar-refractivity contribution in [3.63, 3.8) is 0 Å². The predicted octanol–water partition coefficient (Wildman–Crippen LogP) is 7.42. The molecule has 1 fully saturated rings. The number of carboxylic acid groups (broad SMARTS) is 1. The highest BCUT2D eigenvalue weighted by molar-refractivity contribution is 7.16. The second-order valence-electron chi connectivity index (χ2n) is 10.5. The van der Waals surface area contributed by atoms with Gasteiger partial charge in [-0.2, -0.15) is 0 Å². The molecule has 216 valence electrons. The van der Waals surface area contributed by atoms with Gasteiger partial charge in [-0.3, -0.25) is 14.9 Å². The monoisotopic (exact) mass is 595 g/mol. The molecular formula is C31H34ClN3O5S. The third-order valence-corrected chi connectivity index (χ3v) is 9.38. The number of halogens is 1. The fourth-order valence-electron chi connectivity index (χ4n) is 5.90. The first-order valence-electron chi connectivity index (χ1n) is 13.8. The Morgan fingerprint density at radius 3 is 2.44 bits per heavy atom. The number of carbonyl (C=O) groups is 2. The van der Waals surface area contributed by atoms with E-state index in [4.69, 9.17) is 26.1 Å². The minimum Gasteiger partial charge on any atom is -0.496 e. The van der Waals surface area contributed by atoms with Gasteiger partial charge in [0.1, 0.15) is 23.7 Å². The van der Waals surface area contributed by atoms with Crippen LogP contribution in [0.1, 0.15) is 76.6 Å². The summed E-state index contributed by atoms with van der Waals surface area (Å²) >= 11 is 7.85. The highest BCUT2D eigenvalue weighted by Gasteiger charge is 2.30. The van der Waals surface area contributed by atoms with Gasteiger partial charge in [0.2, 0.25) is 0 Å². The molecule has 0 bridgehead atoms. The Bertz CT molecular complexity index is 1600. The normalized spacial score (nSPS) is 17.0. The molecule has 0 radical (unpaired) electrons. The van der Waals surface area contributed by atoms with Gasteiger partial charge < -0.3 is 19.1 Å². The third-order valence-electron chi connectivity index (χ3n) is 7.91. The highest BCUT2D eigenvalue weighted by Crippen LogP contribution is 2.47. The lowest BCUT2D eigenvalue weighted by molar-refractivity contribution is -0.137. The van der Waals surface area contributed by atoms with E-state index in [-0.39, 0.29) is 12.5 Å². The van der Waals surface area contributed by atoms with Crippen molar-refractivity contribution in [1.82, 2.24) is 9.55 Å². The summed E-state index contributed by atoms with van der Waals surface area (Å²) in [4.78, 5) is 31.0. The fraction of sp³-hybridized carbons (Fsp3) is 0.387. The molecule has 8 nitrogen and oxygen atoms in total. The Morgan fingerprint density at radius 2 is 1.78 bits per heavy atom. The number of nitrogens with zero attached hydrogens (tertiary/aromatic N) is 2. The summed E-state index contributed by atoms with van der Waals surface area (Å²) in [7, 11) is 3.28. The van der Waals surface area contributed by atoms with Crippen LogP contribution >= 0.6 is 22.9 Å². The van der Waals surface area contributed by atoms with Gasteiger partial charge in [-0.15, -0.1) is 11.3 Å². The van der Waals surface area contributed by atoms with E-state index >= 15 is 0 Å². The van der Waals surface area contributed by atoms with Gasteiger partial charge in [-0.1, -0.05) is 30.2 Å². The van der Waals surface area contributed by atoms with Crippen LogP contribution in [0.2, 0.25) is 5.02 Å². The molecule has 1 amide bonds. The molecule has 4 aromatic rings. The molecule has 5 rings (SSSR count). The van der Waals surface area contributed by atoms with Crippen LogP contribution in [0.15, 0.2) is 36.4 Å². The average Bonchev–Trinajstić information content (AvgIpc) is 3.53. The van der Waals surface area contributed by atoms with Crippen LogP contribution in [-0.4, -0.2) is 40.8 Å². The van der Waals surface area contributed by atoms with E-state index in [9.17, 15) is 14.7 Å². The van der Waals surface area contributed by atoms with E-state index in [1.54, 1.807) is 24.9 Å². The van der Waals surface area contributed by atoms with Gasteiger partial charge in [0.15, 0.2) is 5.13 Å². The Kier molecular flexibility index (Phi) is 8.56. The molecule has 0 aliphatic heterocycles. The number of aliphatic carboxylic acids is 1. The predicted molar refractivity (Wildman–Crippen MR) is 162 cm³/mol. The van der Waals surface area contributed by atoms with Gasteiger partial charge in [-0.05, 0) is 75.1 Å². The van der Waals surface area contributed by atoms with E-state index in [1.165, 1.54) is 16.2 Å². The zero-order chi connectivity index (χ0) is 29.3. The van der Waals surface area contributed by atoms with Crippen molar-refractivity contribution >= 4 is 50.8 Å². The molecule has 1 saturated carbocycles. The summed E-state index contributed by atoms with van der Waals surface area (Å²) in [5.41, 5.74) is 4.17. The second kappa shape index (κ2) is 12.1. The first-order valence-corrected chi connectivity index (χ1v) is 15.0. The van der Waals surface area contributed by atoms with Gasteiger partial charge >= 0.3 is 5.97 Å². The topological polar surface area (TPSA) is 103 Å². The van der Waals surface area contributed by atoms with Crippen LogP contribution in [0.4, 0.5) is 5.13 Å². The third kappa shape index (κ3) is 5.92. The molecule has 0 spiro atoms. The van der Waals surface area contributed by atoms with Gasteiger partial charge in [0, 0.05) is 27.4 Å². The number of fused-ring (bicyclic) bond motifs is 1. The second-order valence-corrected chi connectivity index (χ2v) is 11.9. The molecule has 0 saturated heterocycles. The number of benzene rings is 2. The van der Waals surface area contributed by atoms with E-state index in [0.717, 1.165) is 60.1 Å². The molecule has 10 heteroatoms. The van der Waals surface area contributed by atoms with Crippen molar-refractivity contribution in [2.24, 2.45) is 0 Å². The number of hydrogen-bond donors (Lipinski definition) is 2. The zero-order valence-electron chi connectivity index (χ0n) is 23.6. The summed E-state index contributed by atoms with van der Waals surface area (Å²) in [6, 6.07) is 11.3. The highest BCUT2D eigenvalue weighted by atomic mass is 35.5. The minimum atomic E-state index is -1.01. The number of amides is 1. The lowest BCUT2D eigenvalue weighted by atomic mass is 9.77. The van der Waals surface area contributed by atoms with Gasteiger partial charge in [0.05, 0.1) is 24.9 Å². The standard InChI is InChI=1S/C31H34ClN3O5S/c1-5-23-29(19-9-7-18(8-10-19)21-14-27(40-4)22(32)15-26(21)39-3)41-31(33-23)34-30(38)25-13-20-12-17(2)6-11-24(20)35(25)16-28(36)37/h6,11-15,18-19H,5,7-10,16H2,1-4H3,(H,36,37)(H,33,34,38). The van der Waals surface area contributed by atoms with E-state index in [2.05, 4.69) is 12.2 Å². The average molecular weight is 596 g/mol. The summed E-state index contributed by atoms with van der Waals surface area (Å²) in [5, 5.41) is 14.4. The van der Waals surface area contributed by atoms with E-state index in [1.807, 2.05) is 37.3 Å². The maximum atomic E-state index is 13.4. The Balaban J connectivity index is 1.34. The van der Waals surface area contributed by atoms with Crippen LogP contribution in [0.3, 0.4) is 0 Å². The van der Waals surface area contributed by atoms with Crippen LogP contribution in [0.25, 0.3) is 10.9 Å². The first-order chi connectivity index (χ1) is 19.7. The van der Waals surface area contributed by atoms with Crippen LogP contribution in [0, 0.1) is 6.92 Å². The van der Waals surface area contributed by atoms with Gasteiger partial charge in [0.25, 0.3) is 5.91 Å². The molecule has 41 heavy (non-hydrogen) atoms. The van der Waals surface area contributed by atoms with Crippen molar-refractivity contribution in [3.8, 4) is 11.5 Å². The molecule has 2 N–H and O–H groups in total. The number of anilines is 1. The van der Waals surface area contributed by atoms with Crippen molar-refractivity contribution in [1.29, 1.82) is 0 Å². The molecule has 0 unspecified atom stereocenters. The molecule has 2 aromatic heterocycles.